The molecule has 0 bridgehead atoms. The summed E-state index contributed by atoms with van der Waals surface area (Å²) in [6.45, 7) is 11.3. The molecule has 1 atom stereocenters. The third kappa shape index (κ3) is 4.88. The number of hydrogen-bond acceptors (Lipinski definition) is 4. The molecule has 25 heavy (non-hydrogen) atoms. The quantitative estimate of drug-likeness (QED) is 0.477. The van der Waals surface area contributed by atoms with Gasteiger partial charge in [-0.2, -0.15) is 0 Å². The molecule has 0 fully saturated rings. The van der Waals surface area contributed by atoms with Gasteiger partial charge in [0.2, 0.25) is 0 Å². The lowest BCUT2D eigenvalue weighted by Crippen LogP contribution is -2.12. The largest absolute Gasteiger partial charge is 0.507 e. The minimum Gasteiger partial charge on any atom is -0.507 e. The van der Waals surface area contributed by atoms with Crippen LogP contribution in [0, 0.1) is 5.92 Å². The zero-order chi connectivity index (χ0) is 19.3. The fourth-order valence-electron chi connectivity index (χ4n) is 2.48. The van der Waals surface area contributed by atoms with Gasteiger partial charge in [-0.25, -0.2) is 0 Å². The van der Waals surface area contributed by atoms with E-state index in [2.05, 4.69) is 0 Å². The van der Waals surface area contributed by atoms with Crippen molar-refractivity contribution < 1.29 is 20.1 Å². The number of ketones is 1. The van der Waals surface area contributed by atoms with Crippen LogP contribution in [0.1, 0.15) is 69.4 Å². The van der Waals surface area contributed by atoms with E-state index in [9.17, 15) is 20.1 Å². The van der Waals surface area contributed by atoms with Crippen molar-refractivity contribution in [3.63, 3.8) is 0 Å². The number of aromatic hydroxyl groups is 3. The Bertz CT molecular complexity index is 656. The molecular formula is C21H30O4. The van der Waals surface area contributed by atoms with Crippen LogP contribution in [0.2, 0.25) is 0 Å². The Labute approximate surface area is 150 Å². The molecule has 1 rings (SSSR count). The summed E-state index contributed by atoms with van der Waals surface area (Å²) in [6.07, 6.45) is 4.93. The topological polar surface area (TPSA) is 77.8 Å². The number of benzene rings is 1. The molecule has 3 N–H and O–H groups in total. The number of carbonyl (C=O) groups is 1. The second-order valence-corrected chi connectivity index (χ2v) is 7.02. The third-order valence-electron chi connectivity index (χ3n) is 4.35. The SMILES string of the molecule is CCC(C)C(=O)c1c(O)c(CC=C(C)C)c(O)c(CC=C(C)C)c1O. The highest BCUT2D eigenvalue weighted by Gasteiger charge is 2.28. The summed E-state index contributed by atoms with van der Waals surface area (Å²) < 4.78 is 0. The molecule has 0 amide bonds. The van der Waals surface area contributed by atoms with Crippen molar-refractivity contribution in [3.05, 3.63) is 40.0 Å². The van der Waals surface area contributed by atoms with Gasteiger partial charge in [0, 0.05) is 17.0 Å². The number of carbonyl (C=O) groups excluding carboxylic acids is 1. The first kappa shape index (κ1) is 20.8. The van der Waals surface area contributed by atoms with Crippen molar-refractivity contribution in [3.8, 4) is 17.2 Å². The standard InChI is InChI=1S/C21H30O4/c1-7-14(6)18(22)17-20(24)15(10-8-12(2)3)19(23)16(21(17)25)11-9-13(4)5/h8-9,14,23-25H,7,10-11H2,1-6H3. The van der Waals surface area contributed by atoms with Crippen molar-refractivity contribution in [2.45, 2.75) is 60.8 Å². The number of Topliss-reactive ketones (excluding diaryl/α,β-unsaturated/α-hetero) is 1. The van der Waals surface area contributed by atoms with E-state index >= 15 is 0 Å². The summed E-state index contributed by atoms with van der Waals surface area (Å²) in [5.41, 5.74) is 2.55. The van der Waals surface area contributed by atoms with E-state index in [0.717, 1.165) is 11.1 Å². The highest BCUT2D eigenvalue weighted by molar-refractivity contribution is 6.03. The molecule has 1 unspecified atom stereocenters. The van der Waals surface area contributed by atoms with E-state index < -0.39 is 0 Å². The maximum atomic E-state index is 12.7. The molecule has 0 aromatic heterocycles. The Morgan fingerprint density at radius 2 is 1.28 bits per heavy atom. The Balaban J connectivity index is 3.67. The smallest absolute Gasteiger partial charge is 0.173 e. The molecule has 0 aliphatic carbocycles. The van der Waals surface area contributed by atoms with Gasteiger partial charge in [-0.05, 0) is 47.0 Å². The van der Waals surface area contributed by atoms with Gasteiger partial charge in [0.15, 0.2) is 5.78 Å². The maximum absolute atomic E-state index is 12.7. The van der Waals surface area contributed by atoms with Crippen LogP contribution in [0.25, 0.3) is 0 Å². The van der Waals surface area contributed by atoms with Crippen molar-refractivity contribution in [2.24, 2.45) is 5.92 Å². The van der Waals surface area contributed by atoms with Crippen LogP contribution in [-0.2, 0) is 12.8 Å². The summed E-state index contributed by atoms with van der Waals surface area (Å²) in [6, 6.07) is 0. The second-order valence-electron chi connectivity index (χ2n) is 7.02. The molecule has 0 saturated carbocycles. The van der Waals surface area contributed by atoms with Crippen molar-refractivity contribution in [1.29, 1.82) is 0 Å². The van der Waals surface area contributed by atoms with E-state index in [4.69, 9.17) is 0 Å². The Morgan fingerprint density at radius 1 is 0.880 bits per heavy atom. The predicted molar refractivity (Wildman–Crippen MR) is 101 cm³/mol. The van der Waals surface area contributed by atoms with Gasteiger partial charge in [-0.3, -0.25) is 4.79 Å². The van der Waals surface area contributed by atoms with Crippen LogP contribution in [0.5, 0.6) is 17.2 Å². The average Bonchev–Trinajstić information content (AvgIpc) is 2.52. The molecule has 0 aliphatic rings. The zero-order valence-electron chi connectivity index (χ0n) is 16.1. The molecule has 0 heterocycles. The van der Waals surface area contributed by atoms with Crippen molar-refractivity contribution in [2.75, 3.05) is 0 Å². The van der Waals surface area contributed by atoms with Crippen molar-refractivity contribution >= 4 is 5.78 Å². The van der Waals surface area contributed by atoms with Gasteiger partial charge in [0.1, 0.15) is 22.8 Å². The predicted octanol–water partition coefficient (Wildman–Crippen LogP) is 5.05. The van der Waals surface area contributed by atoms with E-state index in [1.54, 1.807) is 6.92 Å². The molecule has 0 spiro atoms. The van der Waals surface area contributed by atoms with Crippen LogP contribution in [0.15, 0.2) is 23.3 Å². The molecule has 0 saturated heterocycles. The van der Waals surface area contributed by atoms with Gasteiger partial charge in [0.25, 0.3) is 0 Å². The molecule has 138 valence electrons. The minimum atomic E-state index is -0.325. The number of phenols is 3. The first-order valence-electron chi connectivity index (χ1n) is 8.71. The monoisotopic (exact) mass is 346 g/mol. The van der Waals surface area contributed by atoms with Crippen LogP contribution in [0.3, 0.4) is 0 Å². The maximum Gasteiger partial charge on any atom is 0.173 e. The first-order chi connectivity index (χ1) is 11.6. The summed E-state index contributed by atoms with van der Waals surface area (Å²) in [5, 5.41) is 31.8. The third-order valence-corrected chi connectivity index (χ3v) is 4.35. The highest BCUT2D eigenvalue weighted by Crippen LogP contribution is 2.44. The lowest BCUT2D eigenvalue weighted by Gasteiger charge is -2.18. The summed E-state index contributed by atoms with van der Waals surface area (Å²) >= 11 is 0. The summed E-state index contributed by atoms with van der Waals surface area (Å²) in [4.78, 5) is 12.7. The molecule has 4 heteroatoms. The minimum absolute atomic E-state index is 0.0820. The molecular weight excluding hydrogens is 316 g/mol. The molecule has 1 aromatic carbocycles. The highest BCUT2D eigenvalue weighted by atomic mass is 16.3. The van der Waals surface area contributed by atoms with Crippen molar-refractivity contribution in [1.82, 2.24) is 0 Å². The normalized spacial score (nSPS) is 11.8. The van der Waals surface area contributed by atoms with Gasteiger partial charge in [-0.15, -0.1) is 0 Å². The number of phenolic OH excluding ortho intramolecular Hbond substituents is 3. The number of allylic oxidation sites excluding steroid dienone is 4. The zero-order valence-corrected chi connectivity index (χ0v) is 16.1. The lowest BCUT2D eigenvalue weighted by molar-refractivity contribution is 0.0921. The van der Waals surface area contributed by atoms with Crippen LogP contribution in [0.4, 0.5) is 0 Å². The Morgan fingerprint density at radius 3 is 1.60 bits per heavy atom. The molecule has 0 radical (unpaired) electrons. The van der Waals surface area contributed by atoms with Crippen LogP contribution in [-0.4, -0.2) is 21.1 Å². The van der Waals surface area contributed by atoms with Gasteiger partial charge in [-0.1, -0.05) is 37.1 Å². The van der Waals surface area contributed by atoms with Crippen LogP contribution >= 0.6 is 0 Å². The van der Waals surface area contributed by atoms with E-state index in [0.29, 0.717) is 19.3 Å². The van der Waals surface area contributed by atoms with Gasteiger partial charge < -0.3 is 15.3 Å². The second kappa shape index (κ2) is 8.75. The summed E-state index contributed by atoms with van der Waals surface area (Å²) in [7, 11) is 0. The fourth-order valence-corrected chi connectivity index (χ4v) is 2.48. The first-order valence-corrected chi connectivity index (χ1v) is 8.71. The van der Waals surface area contributed by atoms with E-state index in [1.807, 2.05) is 46.8 Å². The Kier molecular flexibility index (Phi) is 7.28. The Hall–Kier alpha value is -2.23. The number of rotatable bonds is 7. The van der Waals surface area contributed by atoms with Gasteiger partial charge >= 0.3 is 0 Å². The fraction of sp³-hybridized carbons (Fsp3) is 0.476. The van der Waals surface area contributed by atoms with Crippen LogP contribution < -0.4 is 0 Å². The van der Waals surface area contributed by atoms with E-state index in [1.165, 1.54) is 0 Å². The lowest BCUT2D eigenvalue weighted by atomic mass is 9.89. The average molecular weight is 346 g/mol. The molecule has 1 aromatic rings. The molecule has 4 nitrogen and oxygen atoms in total. The van der Waals surface area contributed by atoms with Gasteiger partial charge in [0.05, 0.1) is 0 Å². The number of hydrogen-bond donors (Lipinski definition) is 3. The van der Waals surface area contributed by atoms with E-state index in [-0.39, 0.29) is 45.6 Å². The summed E-state index contributed by atoms with van der Waals surface area (Å²) in [5.74, 6) is -1.42. The molecule has 0 aliphatic heterocycles.